The van der Waals surface area contributed by atoms with Crippen molar-refractivity contribution in [3.05, 3.63) is 0 Å². The molecular formula is C8H14ClNO. The third-order valence-electron chi connectivity index (χ3n) is 2.87. The highest BCUT2D eigenvalue weighted by molar-refractivity contribution is 5.85. The van der Waals surface area contributed by atoms with E-state index < -0.39 is 0 Å². The number of ketones is 1. The van der Waals surface area contributed by atoms with E-state index in [2.05, 4.69) is 5.32 Å². The Bertz CT molecular complexity index is 153. The predicted molar refractivity (Wildman–Crippen MR) is 46.0 cm³/mol. The van der Waals surface area contributed by atoms with Gasteiger partial charge in [-0.05, 0) is 18.3 Å². The zero-order chi connectivity index (χ0) is 7.03. The van der Waals surface area contributed by atoms with Gasteiger partial charge < -0.3 is 5.32 Å². The molecule has 2 rings (SSSR count). The molecule has 3 heteroatoms. The molecule has 1 aliphatic carbocycles. The molecule has 0 aromatic rings. The van der Waals surface area contributed by atoms with Crippen molar-refractivity contribution < 1.29 is 4.79 Å². The highest BCUT2D eigenvalue weighted by Crippen LogP contribution is 2.37. The molecule has 0 aromatic heterocycles. The van der Waals surface area contributed by atoms with E-state index in [1.54, 1.807) is 0 Å². The Labute approximate surface area is 73.1 Å². The second-order valence-electron chi connectivity index (χ2n) is 3.64. The summed E-state index contributed by atoms with van der Waals surface area (Å²) in [5, 5.41) is 3.28. The van der Waals surface area contributed by atoms with E-state index in [0.29, 0.717) is 11.2 Å². The van der Waals surface area contributed by atoms with Gasteiger partial charge in [-0.1, -0.05) is 0 Å². The molecule has 1 N–H and O–H groups in total. The third-order valence-corrected chi connectivity index (χ3v) is 2.87. The summed E-state index contributed by atoms with van der Waals surface area (Å²) < 4.78 is 0. The van der Waals surface area contributed by atoms with Crippen molar-refractivity contribution in [2.45, 2.75) is 25.7 Å². The van der Waals surface area contributed by atoms with E-state index in [9.17, 15) is 4.79 Å². The van der Waals surface area contributed by atoms with Crippen LogP contribution in [0, 0.1) is 5.41 Å². The Balaban J connectivity index is 0.000000605. The average molecular weight is 176 g/mol. The summed E-state index contributed by atoms with van der Waals surface area (Å²) in [5.74, 6) is 0.470. The Morgan fingerprint density at radius 1 is 1.18 bits per heavy atom. The zero-order valence-corrected chi connectivity index (χ0v) is 7.38. The van der Waals surface area contributed by atoms with Crippen LogP contribution in [0.2, 0.25) is 0 Å². The largest absolute Gasteiger partial charge is 0.316 e. The van der Waals surface area contributed by atoms with Gasteiger partial charge in [-0.2, -0.15) is 0 Å². The maximum Gasteiger partial charge on any atom is 0.132 e. The second-order valence-corrected chi connectivity index (χ2v) is 3.64. The van der Waals surface area contributed by atoms with Crippen LogP contribution in [-0.4, -0.2) is 18.9 Å². The number of rotatable bonds is 0. The van der Waals surface area contributed by atoms with Gasteiger partial charge in [-0.25, -0.2) is 0 Å². The molecule has 0 bridgehead atoms. The fourth-order valence-electron chi connectivity index (χ4n) is 1.89. The molecule has 0 radical (unpaired) electrons. The van der Waals surface area contributed by atoms with E-state index >= 15 is 0 Å². The second kappa shape index (κ2) is 3.11. The number of halogens is 1. The maximum absolute atomic E-state index is 10.9. The number of nitrogens with one attached hydrogen (secondary N) is 1. The minimum Gasteiger partial charge on any atom is -0.316 e. The quantitative estimate of drug-likeness (QED) is 0.599. The first-order valence-corrected chi connectivity index (χ1v) is 4.03. The molecule has 1 saturated heterocycles. The van der Waals surface area contributed by atoms with Crippen molar-refractivity contribution in [1.29, 1.82) is 0 Å². The van der Waals surface area contributed by atoms with Crippen LogP contribution < -0.4 is 5.32 Å². The first kappa shape index (κ1) is 9.01. The monoisotopic (exact) mass is 175 g/mol. The minimum atomic E-state index is 0. The van der Waals surface area contributed by atoms with Crippen molar-refractivity contribution in [2.75, 3.05) is 13.1 Å². The number of carbonyl (C=O) groups excluding carboxylic acids is 1. The fraction of sp³-hybridized carbons (Fsp3) is 0.875. The molecule has 1 spiro atoms. The van der Waals surface area contributed by atoms with Crippen molar-refractivity contribution in [3.8, 4) is 0 Å². The molecule has 0 aromatic carbocycles. The molecule has 2 aliphatic rings. The lowest BCUT2D eigenvalue weighted by molar-refractivity contribution is -0.123. The molecule has 0 unspecified atom stereocenters. The molecule has 64 valence electrons. The normalized spacial score (nSPS) is 27.5. The first-order valence-electron chi connectivity index (χ1n) is 4.03. The lowest BCUT2D eigenvalue weighted by Gasteiger charge is -2.45. The van der Waals surface area contributed by atoms with Crippen LogP contribution in [0.5, 0.6) is 0 Å². The SMILES string of the molecule is Cl.O=C1CCC2(CC1)CNC2. The van der Waals surface area contributed by atoms with Crippen molar-refractivity contribution in [3.63, 3.8) is 0 Å². The summed E-state index contributed by atoms with van der Waals surface area (Å²) in [4.78, 5) is 10.9. The predicted octanol–water partition coefficient (Wildman–Crippen LogP) is 1.14. The highest BCUT2D eigenvalue weighted by Gasteiger charge is 2.39. The average Bonchev–Trinajstić information content (AvgIpc) is 1.86. The summed E-state index contributed by atoms with van der Waals surface area (Å²) in [7, 11) is 0. The molecule has 0 atom stereocenters. The van der Waals surface area contributed by atoms with Gasteiger partial charge in [0.05, 0.1) is 0 Å². The Hall–Kier alpha value is -0.0800. The van der Waals surface area contributed by atoms with Crippen LogP contribution in [-0.2, 0) is 4.79 Å². The van der Waals surface area contributed by atoms with Crippen molar-refractivity contribution in [2.24, 2.45) is 5.41 Å². The van der Waals surface area contributed by atoms with Crippen molar-refractivity contribution >= 4 is 18.2 Å². The minimum absolute atomic E-state index is 0. The van der Waals surface area contributed by atoms with Gasteiger partial charge in [0, 0.05) is 25.9 Å². The number of hydrogen-bond donors (Lipinski definition) is 1. The fourth-order valence-corrected chi connectivity index (χ4v) is 1.89. The molecule has 1 aliphatic heterocycles. The van der Waals surface area contributed by atoms with Gasteiger partial charge in [0.2, 0.25) is 0 Å². The van der Waals surface area contributed by atoms with Gasteiger partial charge in [0.1, 0.15) is 5.78 Å². The van der Waals surface area contributed by atoms with Crippen LogP contribution in [0.15, 0.2) is 0 Å². The van der Waals surface area contributed by atoms with E-state index in [1.165, 1.54) is 0 Å². The summed E-state index contributed by atoms with van der Waals surface area (Å²) in [5.41, 5.74) is 0.550. The summed E-state index contributed by atoms with van der Waals surface area (Å²) in [6.45, 7) is 2.31. The molecular weight excluding hydrogens is 162 g/mol. The lowest BCUT2D eigenvalue weighted by Crippen LogP contribution is -2.54. The first-order chi connectivity index (χ1) is 4.81. The van der Waals surface area contributed by atoms with Gasteiger partial charge >= 0.3 is 0 Å². The highest BCUT2D eigenvalue weighted by atomic mass is 35.5. The van der Waals surface area contributed by atoms with Crippen LogP contribution >= 0.6 is 12.4 Å². The maximum atomic E-state index is 10.9. The summed E-state index contributed by atoms with van der Waals surface area (Å²) in [6.07, 6.45) is 3.95. The standard InChI is InChI=1S/C8H13NO.ClH/c10-7-1-3-8(4-2-7)5-9-6-8;/h9H,1-6H2;1H. The summed E-state index contributed by atoms with van der Waals surface area (Å²) >= 11 is 0. The van der Waals surface area contributed by atoms with Gasteiger partial charge in [0.25, 0.3) is 0 Å². The number of carbonyl (C=O) groups is 1. The third kappa shape index (κ3) is 1.57. The van der Waals surface area contributed by atoms with Gasteiger partial charge in [-0.15, -0.1) is 12.4 Å². The van der Waals surface area contributed by atoms with E-state index in [1.807, 2.05) is 0 Å². The Kier molecular flexibility index (Phi) is 2.55. The molecule has 2 fully saturated rings. The molecule has 2 nitrogen and oxygen atoms in total. The van der Waals surface area contributed by atoms with Crippen LogP contribution in [0.4, 0.5) is 0 Å². The van der Waals surface area contributed by atoms with E-state index in [4.69, 9.17) is 0 Å². The van der Waals surface area contributed by atoms with Crippen LogP contribution in [0.3, 0.4) is 0 Å². The Morgan fingerprint density at radius 3 is 2.09 bits per heavy atom. The topological polar surface area (TPSA) is 29.1 Å². The van der Waals surface area contributed by atoms with E-state index in [0.717, 1.165) is 38.8 Å². The molecule has 1 saturated carbocycles. The number of Topliss-reactive ketones (excluding diaryl/α,β-unsaturated/α-hetero) is 1. The lowest BCUT2D eigenvalue weighted by atomic mass is 9.70. The van der Waals surface area contributed by atoms with Gasteiger partial charge in [0.15, 0.2) is 0 Å². The van der Waals surface area contributed by atoms with Crippen molar-refractivity contribution in [1.82, 2.24) is 5.32 Å². The number of hydrogen-bond acceptors (Lipinski definition) is 2. The zero-order valence-electron chi connectivity index (χ0n) is 6.56. The van der Waals surface area contributed by atoms with E-state index in [-0.39, 0.29) is 12.4 Å². The molecule has 11 heavy (non-hydrogen) atoms. The molecule has 0 amide bonds. The van der Waals surface area contributed by atoms with Gasteiger partial charge in [-0.3, -0.25) is 4.79 Å². The summed E-state index contributed by atoms with van der Waals surface area (Å²) in [6, 6.07) is 0. The van der Waals surface area contributed by atoms with Crippen LogP contribution in [0.25, 0.3) is 0 Å². The molecule has 1 heterocycles. The Morgan fingerprint density at radius 2 is 1.73 bits per heavy atom. The smallest absolute Gasteiger partial charge is 0.132 e. The van der Waals surface area contributed by atoms with Crippen LogP contribution in [0.1, 0.15) is 25.7 Å².